The third kappa shape index (κ3) is 90.8. The molecule has 0 saturated heterocycles. The van der Waals surface area contributed by atoms with Crippen molar-refractivity contribution >= 4 is 0 Å². The predicted octanol–water partition coefficient (Wildman–Crippen LogP) is 6.30. The summed E-state index contributed by atoms with van der Waals surface area (Å²) in [5.41, 5.74) is 0. The molecule has 0 aromatic rings. The molecule has 0 aliphatic heterocycles. The van der Waals surface area contributed by atoms with E-state index in [1.54, 1.807) is 0 Å². The van der Waals surface area contributed by atoms with Gasteiger partial charge in [-0.1, -0.05) is 88.0 Å². The maximum Gasteiger partial charge on any atom is -0.0500 e. The Morgan fingerprint density at radius 2 is 0.571 bits per heavy atom. The van der Waals surface area contributed by atoms with Crippen molar-refractivity contribution in [1.82, 2.24) is 0 Å². The van der Waals surface area contributed by atoms with Crippen LogP contribution in [0.5, 0.6) is 0 Å². The van der Waals surface area contributed by atoms with E-state index in [9.17, 15) is 0 Å². The lowest BCUT2D eigenvalue weighted by atomic mass is 10.0. The van der Waals surface area contributed by atoms with Gasteiger partial charge in [0.2, 0.25) is 0 Å². The van der Waals surface area contributed by atoms with E-state index < -0.39 is 0 Å². The maximum absolute atomic E-state index is 2.17. The van der Waals surface area contributed by atoms with E-state index in [2.05, 4.69) is 20.8 Å². The molecular weight excluding hydrogens is 168 g/mol. The maximum atomic E-state index is 2.17. The van der Waals surface area contributed by atoms with Crippen LogP contribution in [0.3, 0.4) is 0 Å². The lowest BCUT2D eigenvalue weighted by molar-refractivity contribution is 0.504. The van der Waals surface area contributed by atoms with E-state index in [0.29, 0.717) is 0 Å². The molecule has 1 aliphatic rings. The van der Waals surface area contributed by atoms with Crippen LogP contribution in [0.2, 0.25) is 0 Å². The fourth-order valence-corrected chi connectivity index (χ4v) is 0.250. The molecule has 0 heterocycles. The van der Waals surface area contributed by atoms with E-state index in [0.717, 1.165) is 5.92 Å². The molecule has 0 aromatic carbocycles. The van der Waals surface area contributed by atoms with Gasteiger partial charge < -0.3 is 0 Å². The fraction of sp³-hybridized carbons (Fsp3) is 1.00. The number of hydrogen-bond donors (Lipinski definition) is 0. The van der Waals surface area contributed by atoms with Gasteiger partial charge in [-0.15, -0.1) is 0 Å². The Kier molecular flexibility index (Phi) is 64.6. The molecule has 1 fully saturated rings. The van der Waals surface area contributed by atoms with Crippen molar-refractivity contribution in [3.8, 4) is 0 Å². The Hall–Kier alpha value is 0. The first-order valence-electron chi connectivity index (χ1n) is 6.73. The van der Waals surface area contributed by atoms with Gasteiger partial charge in [-0.05, 0) is 5.92 Å². The van der Waals surface area contributed by atoms with Gasteiger partial charge in [0.05, 0.1) is 0 Å². The van der Waals surface area contributed by atoms with Gasteiger partial charge in [0.15, 0.2) is 0 Å². The smallest absolute Gasteiger partial charge is 0.0500 e. The van der Waals surface area contributed by atoms with E-state index in [-0.39, 0.29) is 0 Å². The molecule has 0 bridgehead atoms. The van der Waals surface area contributed by atoms with Gasteiger partial charge in [0, 0.05) is 0 Å². The lowest BCUT2D eigenvalue weighted by Gasteiger charge is -2.05. The van der Waals surface area contributed by atoms with Crippen LogP contribution in [0, 0.1) is 5.92 Å². The second kappa shape index (κ2) is 38.2. The van der Waals surface area contributed by atoms with Crippen LogP contribution in [0.15, 0.2) is 0 Å². The first-order valence-corrected chi connectivity index (χ1v) is 6.73. The molecule has 0 atom stereocenters. The van der Waals surface area contributed by atoms with Crippen molar-refractivity contribution in [3.63, 3.8) is 0 Å². The molecule has 1 rings (SSSR count). The highest BCUT2D eigenvalue weighted by Gasteiger charge is 1.95. The SMILES string of the molecule is C1CCC1.CC.CC.CC.CC(C)C. The van der Waals surface area contributed by atoms with Crippen molar-refractivity contribution < 1.29 is 0 Å². The fourth-order valence-electron chi connectivity index (χ4n) is 0.250. The molecule has 0 unspecified atom stereocenters. The van der Waals surface area contributed by atoms with Crippen LogP contribution in [-0.2, 0) is 0 Å². The minimum Gasteiger partial charge on any atom is -0.0683 e. The normalized spacial score (nSPS) is 10.7. The molecular formula is C14H36. The van der Waals surface area contributed by atoms with Crippen LogP contribution >= 0.6 is 0 Å². The van der Waals surface area contributed by atoms with Crippen LogP contribution in [0.4, 0.5) is 0 Å². The molecule has 0 heteroatoms. The molecule has 0 N–H and O–H groups in total. The highest BCUT2D eigenvalue weighted by Crippen LogP contribution is 2.15. The Bertz CT molecular complexity index is 26.5. The van der Waals surface area contributed by atoms with Gasteiger partial charge in [0.1, 0.15) is 0 Å². The van der Waals surface area contributed by atoms with Crippen molar-refractivity contribution in [2.45, 2.75) is 88.0 Å². The Balaban J connectivity index is -0.0000000475. The Morgan fingerprint density at radius 1 is 0.500 bits per heavy atom. The average molecular weight is 204 g/mol. The molecule has 14 heavy (non-hydrogen) atoms. The zero-order valence-electron chi connectivity index (χ0n) is 12.4. The molecule has 1 saturated carbocycles. The summed E-state index contributed by atoms with van der Waals surface area (Å²) in [7, 11) is 0. The van der Waals surface area contributed by atoms with Crippen molar-refractivity contribution in [2.75, 3.05) is 0 Å². The number of hydrogen-bond acceptors (Lipinski definition) is 0. The van der Waals surface area contributed by atoms with Gasteiger partial charge in [-0.3, -0.25) is 0 Å². The first kappa shape index (κ1) is 23.7. The van der Waals surface area contributed by atoms with Gasteiger partial charge in [-0.25, -0.2) is 0 Å². The monoisotopic (exact) mass is 204 g/mol. The third-order valence-electron chi connectivity index (χ3n) is 1.000. The van der Waals surface area contributed by atoms with Crippen LogP contribution in [0.25, 0.3) is 0 Å². The zero-order chi connectivity index (χ0) is 12.4. The van der Waals surface area contributed by atoms with Crippen molar-refractivity contribution in [2.24, 2.45) is 5.92 Å². The quantitative estimate of drug-likeness (QED) is 0.434. The largest absolute Gasteiger partial charge is 0.0683 e. The minimum absolute atomic E-state index is 0.833. The summed E-state index contributed by atoms with van der Waals surface area (Å²) in [5.74, 6) is 0.833. The van der Waals surface area contributed by atoms with E-state index in [4.69, 9.17) is 0 Å². The molecule has 0 amide bonds. The van der Waals surface area contributed by atoms with E-state index in [1.807, 2.05) is 41.5 Å². The van der Waals surface area contributed by atoms with Crippen molar-refractivity contribution in [1.29, 1.82) is 0 Å². The second-order valence-electron chi connectivity index (χ2n) is 3.15. The van der Waals surface area contributed by atoms with Crippen LogP contribution < -0.4 is 0 Å². The third-order valence-corrected chi connectivity index (χ3v) is 1.000. The summed E-state index contributed by atoms with van der Waals surface area (Å²) in [6.07, 6.45) is 6.00. The van der Waals surface area contributed by atoms with Gasteiger partial charge >= 0.3 is 0 Å². The summed E-state index contributed by atoms with van der Waals surface area (Å²) in [6.45, 7) is 18.5. The summed E-state index contributed by atoms with van der Waals surface area (Å²) in [5, 5.41) is 0. The highest BCUT2D eigenvalue weighted by atomic mass is 14.0. The lowest BCUT2D eigenvalue weighted by Crippen LogP contribution is -1.85. The first-order chi connectivity index (χ1) is 6.73. The Morgan fingerprint density at radius 3 is 0.571 bits per heavy atom. The standard InChI is InChI=1S/C4H8.C4H10.3C2H6/c1-2-4-3-1;1-4(2)3;3*1-2/h1-4H2;4H,1-3H3;3*1-2H3. The molecule has 92 valence electrons. The average Bonchev–Trinajstić information content (AvgIpc) is 2.10. The summed E-state index contributed by atoms with van der Waals surface area (Å²) in [4.78, 5) is 0. The Labute approximate surface area is 94.5 Å². The number of rotatable bonds is 0. The zero-order valence-corrected chi connectivity index (χ0v) is 12.4. The van der Waals surface area contributed by atoms with Crippen LogP contribution in [-0.4, -0.2) is 0 Å². The van der Waals surface area contributed by atoms with E-state index in [1.165, 1.54) is 25.7 Å². The topological polar surface area (TPSA) is 0 Å². The molecule has 0 radical (unpaired) electrons. The molecule has 0 spiro atoms. The van der Waals surface area contributed by atoms with Gasteiger partial charge in [-0.2, -0.15) is 0 Å². The summed E-state index contributed by atoms with van der Waals surface area (Å²) >= 11 is 0. The van der Waals surface area contributed by atoms with Crippen molar-refractivity contribution in [3.05, 3.63) is 0 Å². The highest BCUT2D eigenvalue weighted by molar-refractivity contribution is 4.50. The van der Waals surface area contributed by atoms with E-state index >= 15 is 0 Å². The predicted molar refractivity (Wildman–Crippen MR) is 73.0 cm³/mol. The summed E-state index contributed by atoms with van der Waals surface area (Å²) < 4.78 is 0. The molecule has 0 aromatic heterocycles. The molecule has 1 aliphatic carbocycles. The molecule has 0 nitrogen and oxygen atoms in total. The minimum atomic E-state index is 0.833. The second-order valence-corrected chi connectivity index (χ2v) is 3.15. The van der Waals surface area contributed by atoms with Crippen LogP contribution in [0.1, 0.15) is 88.0 Å². The summed E-state index contributed by atoms with van der Waals surface area (Å²) in [6, 6.07) is 0. The van der Waals surface area contributed by atoms with Gasteiger partial charge in [0.25, 0.3) is 0 Å².